The topological polar surface area (TPSA) is 68.3 Å². The van der Waals surface area contributed by atoms with E-state index in [1.807, 2.05) is 6.92 Å². The Kier molecular flexibility index (Phi) is 5.68. The lowest BCUT2D eigenvalue weighted by Crippen LogP contribution is -2.24. The average molecular weight is 338 g/mol. The quantitative estimate of drug-likeness (QED) is 0.785. The van der Waals surface area contributed by atoms with Crippen LogP contribution in [0.25, 0.3) is 0 Å². The number of hydrogen-bond donors (Lipinski definition) is 1. The number of hydrogen-bond acceptors (Lipinski definition) is 5. The lowest BCUT2D eigenvalue weighted by molar-refractivity contribution is 0.307. The number of nitrogens with one attached hydrogen (secondary N) is 1. The summed E-state index contributed by atoms with van der Waals surface area (Å²) in [7, 11) is -3.19. The molecule has 23 heavy (non-hydrogen) atoms. The van der Waals surface area contributed by atoms with Crippen LogP contribution in [0.4, 0.5) is 4.39 Å². The summed E-state index contributed by atoms with van der Waals surface area (Å²) in [5.74, 6) is 0.234. The van der Waals surface area contributed by atoms with E-state index in [0.29, 0.717) is 18.9 Å². The average Bonchev–Trinajstić information content (AvgIpc) is 2.51. The first-order valence-corrected chi connectivity index (χ1v) is 9.02. The molecule has 0 amide bonds. The minimum absolute atomic E-state index is 0.0468. The second-order valence-corrected chi connectivity index (χ2v) is 7.22. The molecule has 1 heterocycles. The molecule has 0 unspecified atom stereocenters. The largest absolute Gasteiger partial charge is 0.492 e. The summed E-state index contributed by atoms with van der Waals surface area (Å²) in [6, 6.07) is 7.66. The van der Waals surface area contributed by atoms with Gasteiger partial charge in [0, 0.05) is 25.0 Å². The maximum absolute atomic E-state index is 13.1. The highest BCUT2D eigenvalue weighted by Gasteiger charge is 2.07. The van der Waals surface area contributed by atoms with E-state index < -0.39 is 9.84 Å². The Morgan fingerprint density at radius 1 is 1.26 bits per heavy atom. The van der Waals surface area contributed by atoms with E-state index in [9.17, 15) is 12.8 Å². The molecule has 0 saturated heterocycles. The first-order valence-electron chi connectivity index (χ1n) is 7.13. The number of benzene rings is 1. The summed E-state index contributed by atoms with van der Waals surface area (Å²) >= 11 is 0. The zero-order valence-electron chi connectivity index (χ0n) is 13.0. The molecule has 5 nitrogen and oxygen atoms in total. The Morgan fingerprint density at radius 2 is 1.96 bits per heavy atom. The molecule has 1 N–H and O–H groups in total. The minimum atomic E-state index is -3.19. The third-order valence-corrected chi connectivity index (χ3v) is 4.43. The number of sulfone groups is 1. The van der Waals surface area contributed by atoms with Crippen LogP contribution in [-0.4, -0.2) is 32.8 Å². The summed E-state index contributed by atoms with van der Waals surface area (Å²) in [6.45, 7) is 2.88. The fourth-order valence-corrected chi connectivity index (χ4v) is 2.64. The standard InChI is InChI=1S/C16H19FN2O3S/c1-12(13-9-14(17)11-18-10-13)19-7-8-22-15-3-5-16(6-4-15)23(2,20)21/h3-6,9-12,19H,7-8H2,1-2H3/t12-/m1/s1. The van der Waals surface area contributed by atoms with Crippen LogP contribution in [0.1, 0.15) is 18.5 Å². The number of rotatable bonds is 7. The van der Waals surface area contributed by atoms with Crippen molar-refractivity contribution in [1.29, 1.82) is 0 Å². The molecule has 0 aliphatic carbocycles. The van der Waals surface area contributed by atoms with Crippen molar-refractivity contribution < 1.29 is 17.5 Å². The predicted molar refractivity (Wildman–Crippen MR) is 85.7 cm³/mol. The highest BCUT2D eigenvalue weighted by Crippen LogP contribution is 2.16. The zero-order valence-corrected chi connectivity index (χ0v) is 13.8. The van der Waals surface area contributed by atoms with Crippen molar-refractivity contribution in [2.75, 3.05) is 19.4 Å². The third-order valence-electron chi connectivity index (χ3n) is 3.30. The summed E-state index contributed by atoms with van der Waals surface area (Å²) < 4.78 is 41.3. The van der Waals surface area contributed by atoms with E-state index in [-0.39, 0.29) is 16.8 Å². The van der Waals surface area contributed by atoms with E-state index in [0.717, 1.165) is 11.8 Å². The Morgan fingerprint density at radius 3 is 2.57 bits per heavy atom. The van der Waals surface area contributed by atoms with Gasteiger partial charge in [0.25, 0.3) is 0 Å². The molecule has 0 saturated carbocycles. The van der Waals surface area contributed by atoms with Crippen LogP contribution in [0, 0.1) is 5.82 Å². The van der Waals surface area contributed by atoms with E-state index in [1.165, 1.54) is 24.4 Å². The number of ether oxygens (including phenoxy) is 1. The van der Waals surface area contributed by atoms with Gasteiger partial charge in [-0.1, -0.05) is 0 Å². The second-order valence-electron chi connectivity index (χ2n) is 5.20. The zero-order chi connectivity index (χ0) is 16.9. The molecule has 2 rings (SSSR count). The molecule has 0 radical (unpaired) electrons. The fourth-order valence-electron chi connectivity index (χ4n) is 2.01. The van der Waals surface area contributed by atoms with Crippen molar-refractivity contribution in [3.05, 3.63) is 54.1 Å². The van der Waals surface area contributed by atoms with Gasteiger partial charge in [-0.3, -0.25) is 4.98 Å². The van der Waals surface area contributed by atoms with Gasteiger partial charge in [-0.05, 0) is 42.8 Å². The van der Waals surface area contributed by atoms with Crippen LogP contribution in [0.3, 0.4) is 0 Å². The molecule has 0 fully saturated rings. The molecule has 1 aromatic carbocycles. The van der Waals surface area contributed by atoms with Crippen LogP contribution < -0.4 is 10.1 Å². The van der Waals surface area contributed by atoms with Gasteiger partial charge in [0.1, 0.15) is 18.2 Å². The number of pyridine rings is 1. The van der Waals surface area contributed by atoms with Crippen LogP contribution in [0.5, 0.6) is 5.75 Å². The molecule has 1 atom stereocenters. The van der Waals surface area contributed by atoms with Gasteiger partial charge in [0.2, 0.25) is 0 Å². The molecule has 0 aliphatic heterocycles. The lowest BCUT2D eigenvalue weighted by Gasteiger charge is -2.14. The van der Waals surface area contributed by atoms with Crippen molar-refractivity contribution >= 4 is 9.84 Å². The van der Waals surface area contributed by atoms with Crippen molar-refractivity contribution in [3.63, 3.8) is 0 Å². The number of halogens is 1. The Labute approximate surface area is 135 Å². The molecule has 124 valence electrons. The molecule has 0 aliphatic rings. The van der Waals surface area contributed by atoms with Gasteiger partial charge in [0.15, 0.2) is 9.84 Å². The maximum Gasteiger partial charge on any atom is 0.175 e. The SMILES string of the molecule is C[C@@H](NCCOc1ccc(S(C)(=O)=O)cc1)c1cncc(F)c1. The van der Waals surface area contributed by atoms with Gasteiger partial charge in [-0.2, -0.15) is 0 Å². The van der Waals surface area contributed by atoms with E-state index in [4.69, 9.17) is 4.74 Å². The van der Waals surface area contributed by atoms with E-state index in [2.05, 4.69) is 10.3 Å². The van der Waals surface area contributed by atoms with Gasteiger partial charge in [-0.15, -0.1) is 0 Å². The van der Waals surface area contributed by atoms with Crippen molar-refractivity contribution in [3.8, 4) is 5.75 Å². The smallest absolute Gasteiger partial charge is 0.175 e. The molecule has 0 bridgehead atoms. The highest BCUT2D eigenvalue weighted by atomic mass is 32.2. The predicted octanol–water partition coefficient (Wildman–Crippen LogP) is 2.35. The van der Waals surface area contributed by atoms with Gasteiger partial charge in [-0.25, -0.2) is 12.8 Å². The summed E-state index contributed by atoms with van der Waals surface area (Å²) in [5.41, 5.74) is 0.766. The van der Waals surface area contributed by atoms with Gasteiger partial charge >= 0.3 is 0 Å². The Balaban J connectivity index is 1.79. The summed E-state index contributed by atoms with van der Waals surface area (Å²) in [6.07, 6.45) is 3.94. The van der Waals surface area contributed by atoms with Crippen LogP contribution >= 0.6 is 0 Å². The molecular weight excluding hydrogens is 319 g/mol. The minimum Gasteiger partial charge on any atom is -0.492 e. The van der Waals surface area contributed by atoms with Gasteiger partial charge < -0.3 is 10.1 Å². The first kappa shape index (κ1) is 17.4. The molecular formula is C16H19FN2O3S. The fraction of sp³-hybridized carbons (Fsp3) is 0.312. The number of nitrogens with zero attached hydrogens (tertiary/aromatic N) is 1. The third kappa shape index (κ3) is 5.30. The Hall–Kier alpha value is -1.99. The van der Waals surface area contributed by atoms with E-state index >= 15 is 0 Å². The monoisotopic (exact) mass is 338 g/mol. The van der Waals surface area contributed by atoms with Gasteiger partial charge in [0.05, 0.1) is 11.1 Å². The van der Waals surface area contributed by atoms with Crippen molar-refractivity contribution in [2.24, 2.45) is 0 Å². The second kappa shape index (κ2) is 7.52. The molecule has 1 aromatic heterocycles. The first-order chi connectivity index (χ1) is 10.9. The number of aromatic nitrogens is 1. The summed E-state index contributed by atoms with van der Waals surface area (Å²) in [5, 5.41) is 3.20. The van der Waals surface area contributed by atoms with Crippen molar-refractivity contribution in [2.45, 2.75) is 17.9 Å². The summed E-state index contributed by atoms with van der Waals surface area (Å²) in [4.78, 5) is 4.07. The van der Waals surface area contributed by atoms with Crippen LogP contribution in [0.15, 0.2) is 47.6 Å². The van der Waals surface area contributed by atoms with E-state index in [1.54, 1.807) is 18.3 Å². The van der Waals surface area contributed by atoms with Crippen LogP contribution in [0.2, 0.25) is 0 Å². The molecule has 0 spiro atoms. The highest BCUT2D eigenvalue weighted by molar-refractivity contribution is 7.90. The lowest BCUT2D eigenvalue weighted by atomic mass is 10.1. The maximum atomic E-state index is 13.1. The van der Waals surface area contributed by atoms with Crippen LogP contribution in [-0.2, 0) is 9.84 Å². The van der Waals surface area contributed by atoms with Crippen molar-refractivity contribution in [1.82, 2.24) is 10.3 Å². The molecule has 2 aromatic rings. The normalized spacial score (nSPS) is 12.8. The molecule has 7 heteroatoms. The Bertz CT molecular complexity index is 748.